The second kappa shape index (κ2) is 8.17. The molecule has 178 valence electrons. The van der Waals surface area contributed by atoms with E-state index in [0.29, 0.717) is 5.56 Å². The molecule has 0 radical (unpaired) electrons. The number of fused-ring (bicyclic) bond motifs is 2. The first-order valence-electron chi connectivity index (χ1n) is 10.6. The average molecular weight is 479 g/mol. The number of rotatable bonds is 6. The minimum Gasteiger partial charge on any atom is -0.396 e. The minimum atomic E-state index is -1.72. The monoisotopic (exact) mass is 479 g/mol. The molecule has 35 heavy (non-hydrogen) atoms. The number of hydrogen-bond donors (Lipinski definition) is 3. The van der Waals surface area contributed by atoms with Crippen molar-refractivity contribution in [3.05, 3.63) is 59.3 Å². The van der Waals surface area contributed by atoms with E-state index in [0.717, 1.165) is 6.20 Å². The summed E-state index contributed by atoms with van der Waals surface area (Å²) in [6, 6.07) is 7.34. The summed E-state index contributed by atoms with van der Waals surface area (Å²) in [6.45, 7) is 0.788. The van der Waals surface area contributed by atoms with Gasteiger partial charge in [0.2, 0.25) is 5.91 Å². The van der Waals surface area contributed by atoms with Crippen molar-refractivity contribution in [1.29, 1.82) is 0 Å². The van der Waals surface area contributed by atoms with Gasteiger partial charge in [0, 0.05) is 12.2 Å². The average Bonchev–Trinajstić information content (AvgIpc) is 3.30. The van der Waals surface area contributed by atoms with Gasteiger partial charge in [0.1, 0.15) is 40.2 Å². The molecule has 5 rings (SSSR count). The number of nitrogens with one attached hydrogen (secondary N) is 1. The number of Topliss-reactive ketones (excluding diaryl/α,β-unsaturated/α-hetero) is 1. The summed E-state index contributed by atoms with van der Waals surface area (Å²) < 4.78 is 29.8. The zero-order valence-corrected chi connectivity index (χ0v) is 18.4. The molecule has 12 heteroatoms. The second-order valence-electron chi connectivity index (χ2n) is 8.17. The summed E-state index contributed by atoms with van der Waals surface area (Å²) in [7, 11) is 0. The maximum Gasteiger partial charge on any atom is 0.244 e. The van der Waals surface area contributed by atoms with E-state index in [2.05, 4.69) is 25.4 Å². The summed E-state index contributed by atoms with van der Waals surface area (Å²) in [6.07, 6.45) is 0.823. The first-order chi connectivity index (χ1) is 16.8. The number of hydrogen-bond acceptors (Lipinski definition) is 8. The molecule has 4 N–H and O–H groups in total. The Labute approximate surface area is 196 Å². The third-order valence-electron chi connectivity index (χ3n) is 6.11. The molecule has 1 aromatic carbocycles. The Morgan fingerprint density at radius 1 is 1.26 bits per heavy atom. The highest BCUT2D eigenvalue weighted by atomic mass is 19.1. The van der Waals surface area contributed by atoms with Crippen LogP contribution in [0.5, 0.6) is 0 Å². The minimum absolute atomic E-state index is 0.00214. The van der Waals surface area contributed by atoms with Crippen LogP contribution in [-0.4, -0.2) is 48.1 Å². The molecule has 0 saturated heterocycles. The molecule has 3 aromatic heterocycles. The summed E-state index contributed by atoms with van der Waals surface area (Å²) in [5.74, 6) is -2.47. The summed E-state index contributed by atoms with van der Waals surface area (Å²) in [4.78, 5) is 38.0. The number of nitrogen functional groups attached to an aromatic ring is 1. The third-order valence-corrected chi connectivity index (χ3v) is 6.11. The van der Waals surface area contributed by atoms with Gasteiger partial charge < -0.3 is 16.2 Å². The van der Waals surface area contributed by atoms with Crippen molar-refractivity contribution in [2.75, 3.05) is 17.7 Å². The van der Waals surface area contributed by atoms with Crippen molar-refractivity contribution in [3.8, 4) is 11.5 Å². The van der Waals surface area contributed by atoms with E-state index in [1.165, 1.54) is 23.7 Å². The fourth-order valence-electron chi connectivity index (χ4n) is 4.44. The molecule has 1 atom stereocenters. The highest BCUT2D eigenvalue weighted by Crippen LogP contribution is 2.44. The van der Waals surface area contributed by atoms with E-state index in [4.69, 9.17) is 5.73 Å². The van der Waals surface area contributed by atoms with Crippen molar-refractivity contribution in [3.63, 3.8) is 0 Å². The van der Waals surface area contributed by atoms with Crippen LogP contribution >= 0.6 is 0 Å². The highest BCUT2D eigenvalue weighted by Gasteiger charge is 2.53. The summed E-state index contributed by atoms with van der Waals surface area (Å²) in [5.41, 5.74) is 5.25. The Morgan fingerprint density at radius 3 is 2.74 bits per heavy atom. The molecule has 0 bridgehead atoms. The van der Waals surface area contributed by atoms with Gasteiger partial charge in [-0.1, -0.05) is 18.2 Å². The van der Waals surface area contributed by atoms with E-state index >= 15 is 0 Å². The van der Waals surface area contributed by atoms with E-state index in [1.807, 2.05) is 0 Å². The van der Waals surface area contributed by atoms with Crippen molar-refractivity contribution in [2.45, 2.75) is 25.3 Å². The molecule has 0 fully saturated rings. The number of nitrogens with zero attached hydrogens (tertiary/aromatic N) is 5. The Morgan fingerprint density at radius 2 is 2.03 bits per heavy atom. The number of anilines is 2. The van der Waals surface area contributed by atoms with Gasteiger partial charge in [-0.2, -0.15) is 5.10 Å². The molecule has 10 nitrogen and oxygen atoms in total. The fraction of sp³-hybridized carbons (Fsp3) is 0.217. The van der Waals surface area contributed by atoms with E-state index < -0.39 is 35.3 Å². The van der Waals surface area contributed by atoms with E-state index in [1.54, 1.807) is 18.2 Å². The van der Waals surface area contributed by atoms with E-state index in [9.17, 15) is 23.5 Å². The van der Waals surface area contributed by atoms with Crippen molar-refractivity contribution >= 4 is 34.4 Å². The number of benzene rings is 1. The Hall–Kier alpha value is -4.32. The lowest BCUT2D eigenvalue weighted by Crippen LogP contribution is -2.42. The molecule has 1 aliphatic heterocycles. The van der Waals surface area contributed by atoms with Crippen LogP contribution in [0.15, 0.2) is 36.5 Å². The van der Waals surface area contributed by atoms with Crippen LogP contribution in [0.2, 0.25) is 0 Å². The Bertz CT molecular complexity index is 1520. The van der Waals surface area contributed by atoms with Crippen LogP contribution in [0.25, 0.3) is 22.6 Å². The van der Waals surface area contributed by atoms with Gasteiger partial charge in [0.15, 0.2) is 11.5 Å². The van der Waals surface area contributed by atoms with Gasteiger partial charge in [0.25, 0.3) is 0 Å². The predicted molar refractivity (Wildman–Crippen MR) is 121 cm³/mol. The zero-order chi connectivity index (χ0) is 24.9. The van der Waals surface area contributed by atoms with Gasteiger partial charge in [-0.15, -0.1) is 0 Å². The molecule has 4 heterocycles. The Balaban J connectivity index is 1.68. The smallest absolute Gasteiger partial charge is 0.244 e. The molecule has 0 aliphatic carbocycles. The zero-order valence-electron chi connectivity index (χ0n) is 18.4. The first kappa shape index (κ1) is 22.5. The van der Waals surface area contributed by atoms with Crippen LogP contribution in [0.3, 0.4) is 0 Å². The normalized spacial score (nSPS) is 17.0. The summed E-state index contributed by atoms with van der Waals surface area (Å²) in [5, 5.41) is 16.7. The number of amides is 1. The number of pyridine rings is 1. The lowest BCUT2D eigenvalue weighted by Gasteiger charge is -2.23. The largest absolute Gasteiger partial charge is 0.396 e. The second-order valence-corrected chi connectivity index (χ2v) is 8.17. The van der Waals surface area contributed by atoms with Gasteiger partial charge in [-0.25, -0.2) is 28.4 Å². The number of carbonyl (C=O) groups is 2. The number of aliphatic hydroxyl groups is 1. The van der Waals surface area contributed by atoms with Crippen LogP contribution in [0.1, 0.15) is 24.5 Å². The van der Waals surface area contributed by atoms with Crippen molar-refractivity contribution in [1.82, 2.24) is 24.7 Å². The maximum absolute atomic E-state index is 14.3. The molecule has 1 amide bonds. The number of carbonyl (C=O) groups excluding carboxylic acids is 2. The van der Waals surface area contributed by atoms with Crippen LogP contribution < -0.4 is 11.1 Å². The van der Waals surface area contributed by atoms with Crippen molar-refractivity contribution < 1.29 is 23.5 Å². The predicted octanol–water partition coefficient (Wildman–Crippen LogP) is 1.96. The van der Waals surface area contributed by atoms with Crippen LogP contribution in [0, 0.1) is 11.6 Å². The van der Waals surface area contributed by atoms with Crippen LogP contribution in [0.4, 0.5) is 20.4 Å². The molecule has 0 saturated carbocycles. The molecule has 1 unspecified atom stereocenters. The Kier molecular flexibility index (Phi) is 5.24. The quantitative estimate of drug-likeness (QED) is 0.355. The number of aromatic nitrogens is 5. The molecular weight excluding hydrogens is 460 g/mol. The molecule has 4 aromatic rings. The fourth-order valence-corrected chi connectivity index (χ4v) is 4.44. The molecular formula is C23H19F2N7O3. The lowest BCUT2D eigenvalue weighted by molar-refractivity contribution is -0.132. The van der Waals surface area contributed by atoms with Gasteiger partial charge >= 0.3 is 0 Å². The molecule has 1 aliphatic rings. The maximum atomic E-state index is 14.3. The van der Waals surface area contributed by atoms with Crippen molar-refractivity contribution in [2.24, 2.45) is 0 Å². The number of nitrogens with two attached hydrogens (primary N) is 1. The lowest BCUT2D eigenvalue weighted by atomic mass is 9.76. The number of ketones is 1. The molecule has 0 spiro atoms. The number of halogens is 2. The van der Waals surface area contributed by atoms with Gasteiger partial charge in [0.05, 0.1) is 23.7 Å². The standard InChI is InChI=1S/C23H19F2N7O3/c1-11(34)23(6-7-33)16-18(26)28-20(29-19(16)30-22(23)35)17-14-8-13(24)9-27-21(14)32(31-17)10-12-4-2-3-5-15(12)25/h2-5,8-9,33H,6-7,10H2,1H3,(H3,26,28,29,30,35). The van der Waals surface area contributed by atoms with Gasteiger partial charge in [-0.05, 0) is 25.5 Å². The van der Waals surface area contributed by atoms with Gasteiger partial charge in [-0.3, -0.25) is 9.59 Å². The first-order valence-corrected chi connectivity index (χ1v) is 10.6. The third kappa shape index (κ3) is 3.41. The highest BCUT2D eigenvalue weighted by molar-refractivity contribution is 6.21. The van der Waals surface area contributed by atoms with E-state index in [-0.39, 0.29) is 52.7 Å². The summed E-state index contributed by atoms with van der Waals surface area (Å²) >= 11 is 0. The van der Waals surface area contributed by atoms with Crippen LogP contribution in [-0.2, 0) is 21.5 Å². The number of aliphatic hydroxyl groups excluding tert-OH is 1. The SMILES string of the molecule is CC(=O)C1(CCO)C(=O)Nc2nc(-c3nn(Cc4ccccc4F)c4ncc(F)cc34)nc(N)c21. The topological polar surface area (TPSA) is 149 Å².